The van der Waals surface area contributed by atoms with Gasteiger partial charge in [0.05, 0.1) is 39.8 Å². The second-order valence-corrected chi connectivity index (χ2v) is 4.08. The van der Waals surface area contributed by atoms with Crippen molar-refractivity contribution in [3.05, 3.63) is 29.8 Å². The molecule has 0 bridgehead atoms. The van der Waals surface area contributed by atoms with Gasteiger partial charge in [0, 0.05) is 0 Å². The number of benzene rings is 1. The van der Waals surface area contributed by atoms with E-state index in [-0.39, 0.29) is 0 Å². The molecule has 3 aromatic rings. The maximum Gasteiger partial charge on any atom is 0.0931 e. The molecule has 2 heterocycles. The Morgan fingerprint density at radius 1 is 0.941 bits per heavy atom. The molecule has 86 valence electrons. The Kier molecular flexibility index (Phi) is 2.28. The molecule has 0 saturated carbocycles. The van der Waals surface area contributed by atoms with Crippen LogP contribution in [0.2, 0.25) is 0 Å². The van der Waals surface area contributed by atoms with E-state index in [1.54, 1.807) is 6.33 Å². The third-order valence-corrected chi connectivity index (χ3v) is 3.03. The molecule has 0 spiro atoms. The predicted octanol–water partition coefficient (Wildman–Crippen LogP) is 2.63. The van der Waals surface area contributed by atoms with Crippen molar-refractivity contribution in [1.82, 2.24) is 19.9 Å². The van der Waals surface area contributed by atoms with Gasteiger partial charge >= 0.3 is 0 Å². The summed E-state index contributed by atoms with van der Waals surface area (Å²) < 4.78 is 0. The zero-order valence-corrected chi connectivity index (χ0v) is 9.99. The van der Waals surface area contributed by atoms with Crippen LogP contribution in [0.3, 0.4) is 0 Å². The predicted molar refractivity (Wildman–Crippen MR) is 67.9 cm³/mol. The number of aryl methyl sites for hydroxylation is 2. The van der Waals surface area contributed by atoms with Gasteiger partial charge in [-0.25, -0.2) is 15.0 Å². The Balaban J connectivity index is 2.36. The lowest BCUT2D eigenvalue weighted by Gasteiger charge is -2.06. The lowest BCUT2D eigenvalue weighted by atomic mass is 10.2. The minimum Gasteiger partial charge on any atom is -0.345 e. The number of hydrogen-bond acceptors (Lipinski definition) is 3. The molecular weight excluding hydrogens is 212 g/mol. The summed E-state index contributed by atoms with van der Waals surface area (Å²) in [5.74, 6) is 0. The van der Waals surface area contributed by atoms with Crippen molar-refractivity contribution in [2.75, 3.05) is 0 Å². The molecular formula is C13H14N4. The van der Waals surface area contributed by atoms with Gasteiger partial charge in [-0.2, -0.15) is 0 Å². The van der Waals surface area contributed by atoms with Crippen molar-refractivity contribution in [3.8, 4) is 0 Å². The highest BCUT2D eigenvalue weighted by Gasteiger charge is 2.07. The third-order valence-electron chi connectivity index (χ3n) is 3.03. The third kappa shape index (κ3) is 1.56. The number of nitrogens with zero attached hydrogens (tertiary/aromatic N) is 3. The van der Waals surface area contributed by atoms with E-state index < -0.39 is 0 Å². The van der Waals surface area contributed by atoms with Crippen LogP contribution >= 0.6 is 0 Å². The smallest absolute Gasteiger partial charge is 0.0931 e. The number of imidazole rings is 1. The zero-order chi connectivity index (χ0) is 11.8. The summed E-state index contributed by atoms with van der Waals surface area (Å²) >= 11 is 0. The minimum absolute atomic E-state index is 0.921. The molecule has 0 aliphatic heterocycles. The van der Waals surface area contributed by atoms with Gasteiger partial charge in [0.15, 0.2) is 0 Å². The van der Waals surface area contributed by atoms with E-state index in [4.69, 9.17) is 0 Å². The molecule has 1 N–H and O–H groups in total. The van der Waals surface area contributed by atoms with Crippen LogP contribution in [-0.4, -0.2) is 19.9 Å². The standard InChI is InChI=1S/C13H14N4/c1-3-8-9(4-2)17-13-6-11-10(14-7-15-11)5-12(13)16-8/h5-7H,3-4H2,1-2H3,(H,14,15). The van der Waals surface area contributed by atoms with Gasteiger partial charge in [0.25, 0.3) is 0 Å². The number of aromatic nitrogens is 4. The maximum absolute atomic E-state index is 4.68. The summed E-state index contributed by atoms with van der Waals surface area (Å²) in [6.07, 6.45) is 3.54. The Morgan fingerprint density at radius 3 is 2.24 bits per heavy atom. The number of rotatable bonds is 2. The Labute approximate surface area is 99.1 Å². The van der Waals surface area contributed by atoms with Crippen molar-refractivity contribution >= 4 is 22.1 Å². The first-order chi connectivity index (χ1) is 8.31. The van der Waals surface area contributed by atoms with Gasteiger partial charge < -0.3 is 4.98 Å². The van der Waals surface area contributed by atoms with Gasteiger partial charge in [-0.15, -0.1) is 0 Å². The molecule has 0 aliphatic carbocycles. The van der Waals surface area contributed by atoms with E-state index in [9.17, 15) is 0 Å². The van der Waals surface area contributed by atoms with E-state index in [0.29, 0.717) is 0 Å². The first kappa shape index (κ1) is 10.2. The molecule has 0 aliphatic rings. The molecule has 4 heteroatoms. The number of fused-ring (bicyclic) bond motifs is 2. The van der Waals surface area contributed by atoms with Crippen LogP contribution in [0.5, 0.6) is 0 Å². The highest BCUT2D eigenvalue weighted by atomic mass is 14.9. The van der Waals surface area contributed by atoms with Gasteiger partial charge in [-0.3, -0.25) is 0 Å². The molecule has 3 rings (SSSR count). The summed E-state index contributed by atoms with van der Waals surface area (Å²) in [7, 11) is 0. The van der Waals surface area contributed by atoms with Gasteiger partial charge in [0.1, 0.15) is 0 Å². The summed E-state index contributed by atoms with van der Waals surface area (Å²) in [5.41, 5.74) is 6.01. The first-order valence-electron chi connectivity index (χ1n) is 5.94. The van der Waals surface area contributed by atoms with Gasteiger partial charge in [-0.05, 0) is 25.0 Å². The summed E-state index contributed by atoms with van der Waals surface area (Å²) in [5, 5.41) is 0. The van der Waals surface area contributed by atoms with Crippen molar-refractivity contribution in [2.24, 2.45) is 0 Å². The summed E-state index contributed by atoms with van der Waals surface area (Å²) in [6.45, 7) is 4.23. The molecule has 0 saturated heterocycles. The lowest BCUT2D eigenvalue weighted by molar-refractivity contribution is 0.930. The minimum atomic E-state index is 0.921. The number of H-pyrrole nitrogens is 1. The Hall–Kier alpha value is -1.97. The van der Waals surface area contributed by atoms with Gasteiger partial charge in [-0.1, -0.05) is 13.8 Å². The van der Waals surface area contributed by atoms with E-state index in [1.165, 1.54) is 0 Å². The SMILES string of the molecule is CCc1nc2cc3nc[nH]c3cc2nc1CC. The Morgan fingerprint density at radius 2 is 1.59 bits per heavy atom. The van der Waals surface area contributed by atoms with Crippen LogP contribution in [0.1, 0.15) is 25.2 Å². The number of aromatic amines is 1. The van der Waals surface area contributed by atoms with Crippen molar-refractivity contribution in [3.63, 3.8) is 0 Å². The summed E-state index contributed by atoms with van der Waals surface area (Å²) in [4.78, 5) is 16.7. The molecule has 17 heavy (non-hydrogen) atoms. The monoisotopic (exact) mass is 226 g/mol. The van der Waals surface area contributed by atoms with Crippen molar-refractivity contribution in [1.29, 1.82) is 0 Å². The summed E-state index contributed by atoms with van der Waals surface area (Å²) in [6, 6.07) is 4.01. The molecule has 0 unspecified atom stereocenters. The zero-order valence-electron chi connectivity index (χ0n) is 9.99. The van der Waals surface area contributed by atoms with E-state index in [2.05, 4.69) is 33.8 Å². The largest absolute Gasteiger partial charge is 0.345 e. The van der Waals surface area contributed by atoms with Gasteiger partial charge in [0.2, 0.25) is 0 Å². The molecule has 1 aromatic carbocycles. The Bertz CT molecular complexity index is 627. The van der Waals surface area contributed by atoms with Crippen LogP contribution in [-0.2, 0) is 12.8 Å². The topological polar surface area (TPSA) is 54.5 Å². The highest BCUT2D eigenvalue weighted by molar-refractivity contribution is 5.90. The maximum atomic E-state index is 4.68. The quantitative estimate of drug-likeness (QED) is 0.730. The molecule has 0 amide bonds. The van der Waals surface area contributed by atoms with Crippen LogP contribution in [0.4, 0.5) is 0 Å². The molecule has 2 aromatic heterocycles. The van der Waals surface area contributed by atoms with E-state index >= 15 is 0 Å². The average molecular weight is 226 g/mol. The fourth-order valence-corrected chi connectivity index (χ4v) is 2.12. The van der Waals surface area contributed by atoms with Crippen molar-refractivity contribution in [2.45, 2.75) is 26.7 Å². The second-order valence-electron chi connectivity index (χ2n) is 4.08. The highest BCUT2D eigenvalue weighted by Crippen LogP contribution is 2.19. The first-order valence-corrected chi connectivity index (χ1v) is 5.94. The van der Waals surface area contributed by atoms with Crippen LogP contribution in [0.15, 0.2) is 18.5 Å². The molecule has 0 fully saturated rings. The number of nitrogens with one attached hydrogen (secondary N) is 1. The van der Waals surface area contributed by atoms with E-state index in [0.717, 1.165) is 46.3 Å². The lowest BCUT2D eigenvalue weighted by Crippen LogP contribution is -2.00. The second kappa shape index (κ2) is 3.80. The molecule has 0 radical (unpaired) electrons. The van der Waals surface area contributed by atoms with E-state index in [1.807, 2.05) is 12.1 Å². The molecule has 4 nitrogen and oxygen atoms in total. The van der Waals surface area contributed by atoms with Crippen LogP contribution in [0.25, 0.3) is 22.1 Å². The van der Waals surface area contributed by atoms with Crippen LogP contribution in [0, 0.1) is 0 Å². The van der Waals surface area contributed by atoms with Crippen LogP contribution < -0.4 is 0 Å². The number of hydrogen-bond donors (Lipinski definition) is 1. The fourth-order valence-electron chi connectivity index (χ4n) is 2.12. The fraction of sp³-hybridized carbons (Fsp3) is 0.308. The van der Waals surface area contributed by atoms with Crippen molar-refractivity contribution < 1.29 is 0 Å². The normalized spacial score (nSPS) is 11.4. The average Bonchev–Trinajstić information content (AvgIpc) is 2.81. The molecule has 0 atom stereocenters.